The SMILES string of the molecule is CN(CCc1ccncc1)C(=O)c1ccnc(NCCC2=CCCCC2)c1. The lowest BCUT2D eigenvalue weighted by molar-refractivity contribution is 0.0796. The maximum atomic E-state index is 12.7. The van der Waals surface area contributed by atoms with E-state index in [-0.39, 0.29) is 5.91 Å². The molecular formula is C22H28N4O. The molecule has 0 unspecified atom stereocenters. The highest BCUT2D eigenvalue weighted by Crippen LogP contribution is 2.20. The molecule has 142 valence electrons. The second-order valence-electron chi connectivity index (χ2n) is 7.05. The molecule has 5 heteroatoms. The number of carbonyl (C=O) groups excluding carboxylic acids is 1. The number of nitrogens with one attached hydrogen (secondary N) is 1. The molecule has 0 atom stereocenters. The molecule has 1 aliphatic rings. The number of carbonyl (C=O) groups is 1. The van der Waals surface area contributed by atoms with Crippen molar-refractivity contribution in [2.75, 3.05) is 25.5 Å². The standard InChI is InChI=1S/C22H28N4O/c1-26(16-11-19-7-12-23-13-8-19)22(27)20-10-15-25-21(17-20)24-14-9-18-5-3-2-4-6-18/h5,7-8,10,12-13,15,17H,2-4,6,9,11,14,16H2,1H3,(H,24,25). The van der Waals surface area contributed by atoms with Gasteiger partial charge in [-0.05, 0) is 68.4 Å². The van der Waals surface area contributed by atoms with Crippen LogP contribution in [0.15, 0.2) is 54.5 Å². The first kappa shape index (κ1) is 19.1. The molecule has 0 radical (unpaired) electrons. The van der Waals surface area contributed by atoms with Gasteiger partial charge in [-0.15, -0.1) is 0 Å². The smallest absolute Gasteiger partial charge is 0.253 e. The van der Waals surface area contributed by atoms with Crippen molar-refractivity contribution in [2.45, 2.75) is 38.5 Å². The molecule has 0 aromatic carbocycles. The third-order valence-corrected chi connectivity index (χ3v) is 4.98. The predicted molar refractivity (Wildman–Crippen MR) is 109 cm³/mol. The topological polar surface area (TPSA) is 58.1 Å². The van der Waals surface area contributed by atoms with Crippen molar-refractivity contribution in [2.24, 2.45) is 0 Å². The first-order valence-corrected chi connectivity index (χ1v) is 9.74. The average Bonchev–Trinajstić information content (AvgIpc) is 2.73. The molecule has 0 bridgehead atoms. The Morgan fingerprint density at radius 1 is 1.15 bits per heavy atom. The molecule has 1 N–H and O–H groups in total. The minimum atomic E-state index is 0.0181. The molecule has 2 aromatic heterocycles. The Hall–Kier alpha value is -2.69. The molecule has 0 spiro atoms. The van der Waals surface area contributed by atoms with E-state index in [9.17, 15) is 4.79 Å². The van der Waals surface area contributed by atoms with Gasteiger partial charge in [0.05, 0.1) is 0 Å². The molecule has 0 aliphatic heterocycles. The summed E-state index contributed by atoms with van der Waals surface area (Å²) in [6.07, 6.45) is 14.5. The van der Waals surface area contributed by atoms with Gasteiger partial charge in [-0.25, -0.2) is 4.98 Å². The Morgan fingerprint density at radius 3 is 2.78 bits per heavy atom. The fraction of sp³-hybridized carbons (Fsp3) is 0.409. The van der Waals surface area contributed by atoms with E-state index >= 15 is 0 Å². The number of hydrogen-bond donors (Lipinski definition) is 1. The highest BCUT2D eigenvalue weighted by Gasteiger charge is 2.12. The van der Waals surface area contributed by atoms with Crippen LogP contribution in [0.4, 0.5) is 5.82 Å². The lowest BCUT2D eigenvalue weighted by Gasteiger charge is -2.18. The van der Waals surface area contributed by atoms with Gasteiger partial charge < -0.3 is 10.2 Å². The summed E-state index contributed by atoms with van der Waals surface area (Å²) in [5, 5.41) is 3.35. The van der Waals surface area contributed by atoms with E-state index in [1.165, 1.54) is 36.8 Å². The van der Waals surface area contributed by atoms with E-state index in [1.807, 2.05) is 25.2 Å². The predicted octanol–water partition coefficient (Wildman–Crippen LogP) is 4.09. The summed E-state index contributed by atoms with van der Waals surface area (Å²) in [7, 11) is 1.84. The number of pyridine rings is 2. The molecule has 2 aromatic rings. The van der Waals surface area contributed by atoms with Gasteiger partial charge in [0, 0.05) is 44.3 Å². The summed E-state index contributed by atoms with van der Waals surface area (Å²) in [6, 6.07) is 7.59. The molecule has 2 heterocycles. The fourth-order valence-corrected chi connectivity index (χ4v) is 3.31. The Labute approximate surface area is 161 Å². The van der Waals surface area contributed by atoms with Gasteiger partial charge in [0.1, 0.15) is 5.82 Å². The molecule has 1 aliphatic carbocycles. The van der Waals surface area contributed by atoms with E-state index in [4.69, 9.17) is 0 Å². The summed E-state index contributed by atoms with van der Waals surface area (Å²) in [4.78, 5) is 22.8. The zero-order valence-corrected chi connectivity index (χ0v) is 16.0. The van der Waals surface area contributed by atoms with Crippen molar-refractivity contribution in [3.63, 3.8) is 0 Å². The third-order valence-electron chi connectivity index (χ3n) is 4.98. The number of likely N-dealkylation sites (N-methyl/N-ethyl adjacent to an activating group) is 1. The van der Waals surface area contributed by atoms with Crippen LogP contribution in [-0.2, 0) is 6.42 Å². The Morgan fingerprint density at radius 2 is 2.00 bits per heavy atom. The molecule has 0 fully saturated rings. The number of nitrogens with zero attached hydrogens (tertiary/aromatic N) is 3. The number of hydrogen-bond acceptors (Lipinski definition) is 4. The molecule has 3 rings (SSSR count). The Bertz CT molecular complexity index is 773. The second kappa shape index (κ2) is 9.86. The monoisotopic (exact) mass is 364 g/mol. The highest BCUT2D eigenvalue weighted by molar-refractivity contribution is 5.94. The van der Waals surface area contributed by atoms with Crippen LogP contribution in [0, 0.1) is 0 Å². The lowest BCUT2D eigenvalue weighted by Crippen LogP contribution is -2.29. The Balaban J connectivity index is 1.50. The number of rotatable bonds is 8. The maximum Gasteiger partial charge on any atom is 0.253 e. The quantitative estimate of drug-likeness (QED) is 0.717. The summed E-state index contributed by atoms with van der Waals surface area (Å²) in [6.45, 7) is 1.52. The van der Waals surface area contributed by atoms with Gasteiger partial charge >= 0.3 is 0 Å². The molecular weight excluding hydrogens is 336 g/mol. The van der Waals surface area contributed by atoms with E-state index in [0.717, 1.165) is 25.2 Å². The van der Waals surface area contributed by atoms with Crippen LogP contribution in [0.3, 0.4) is 0 Å². The van der Waals surface area contributed by atoms with Crippen LogP contribution in [0.2, 0.25) is 0 Å². The van der Waals surface area contributed by atoms with Crippen molar-refractivity contribution in [1.82, 2.24) is 14.9 Å². The van der Waals surface area contributed by atoms with E-state index in [1.54, 1.807) is 29.6 Å². The first-order valence-electron chi connectivity index (χ1n) is 9.74. The molecule has 5 nitrogen and oxygen atoms in total. The zero-order valence-electron chi connectivity index (χ0n) is 16.0. The van der Waals surface area contributed by atoms with Gasteiger partial charge in [0.15, 0.2) is 0 Å². The van der Waals surface area contributed by atoms with Gasteiger partial charge in [0.2, 0.25) is 0 Å². The molecule has 0 saturated carbocycles. The molecule has 1 amide bonds. The normalized spacial score (nSPS) is 13.7. The summed E-state index contributed by atoms with van der Waals surface area (Å²) in [5.41, 5.74) is 3.39. The van der Waals surface area contributed by atoms with Gasteiger partial charge in [-0.3, -0.25) is 9.78 Å². The van der Waals surface area contributed by atoms with E-state index < -0.39 is 0 Å². The summed E-state index contributed by atoms with van der Waals surface area (Å²) in [5.74, 6) is 0.782. The third kappa shape index (κ3) is 5.91. The zero-order chi connectivity index (χ0) is 18.9. The van der Waals surface area contributed by atoms with Crippen molar-refractivity contribution >= 4 is 11.7 Å². The van der Waals surface area contributed by atoms with Crippen molar-refractivity contribution in [3.05, 3.63) is 65.6 Å². The molecule has 27 heavy (non-hydrogen) atoms. The second-order valence-corrected chi connectivity index (χ2v) is 7.05. The van der Waals surface area contributed by atoms with Crippen LogP contribution in [-0.4, -0.2) is 40.9 Å². The van der Waals surface area contributed by atoms with Crippen molar-refractivity contribution in [1.29, 1.82) is 0 Å². The van der Waals surface area contributed by atoms with E-state index in [2.05, 4.69) is 21.4 Å². The van der Waals surface area contributed by atoms with Gasteiger partial charge in [-0.2, -0.15) is 0 Å². The van der Waals surface area contributed by atoms with Crippen LogP contribution in [0.1, 0.15) is 48.0 Å². The average molecular weight is 364 g/mol. The van der Waals surface area contributed by atoms with Gasteiger partial charge in [0.25, 0.3) is 5.91 Å². The molecule has 0 saturated heterocycles. The lowest BCUT2D eigenvalue weighted by atomic mass is 9.97. The highest BCUT2D eigenvalue weighted by atomic mass is 16.2. The number of anilines is 1. The first-order chi connectivity index (χ1) is 13.2. The minimum Gasteiger partial charge on any atom is -0.370 e. The summed E-state index contributed by atoms with van der Waals surface area (Å²) >= 11 is 0. The van der Waals surface area contributed by atoms with Crippen LogP contribution < -0.4 is 5.32 Å². The number of aromatic nitrogens is 2. The summed E-state index contributed by atoms with van der Waals surface area (Å²) < 4.78 is 0. The number of allylic oxidation sites excluding steroid dienone is 1. The Kier molecular flexibility index (Phi) is 6.97. The van der Waals surface area contributed by atoms with Crippen LogP contribution in [0.5, 0.6) is 0 Å². The van der Waals surface area contributed by atoms with Gasteiger partial charge in [-0.1, -0.05) is 11.6 Å². The largest absolute Gasteiger partial charge is 0.370 e. The van der Waals surface area contributed by atoms with Crippen molar-refractivity contribution < 1.29 is 4.79 Å². The van der Waals surface area contributed by atoms with Crippen LogP contribution in [0.25, 0.3) is 0 Å². The minimum absolute atomic E-state index is 0.0181. The fourth-order valence-electron chi connectivity index (χ4n) is 3.31. The maximum absolute atomic E-state index is 12.7. The van der Waals surface area contributed by atoms with E-state index in [0.29, 0.717) is 12.1 Å². The number of amides is 1. The van der Waals surface area contributed by atoms with Crippen molar-refractivity contribution in [3.8, 4) is 0 Å². The van der Waals surface area contributed by atoms with Crippen LogP contribution >= 0.6 is 0 Å².